The van der Waals surface area contributed by atoms with Crippen LogP contribution in [0.4, 0.5) is 5.69 Å². The maximum absolute atomic E-state index is 12.6. The number of para-hydroxylation sites is 1. The van der Waals surface area contributed by atoms with Gasteiger partial charge in [0.1, 0.15) is 16.9 Å². The largest absolute Gasteiger partial charge is 0.465 e. The lowest BCUT2D eigenvalue weighted by Crippen LogP contribution is -2.17. The van der Waals surface area contributed by atoms with Crippen LogP contribution in [-0.4, -0.2) is 39.7 Å². The molecular formula is C22H20N4O4. The van der Waals surface area contributed by atoms with E-state index in [1.165, 1.54) is 13.3 Å². The lowest BCUT2D eigenvalue weighted by molar-refractivity contribution is 0.0603. The first-order valence-corrected chi connectivity index (χ1v) is 9.34. The fourth-order valence-corrected chi connectivity index (χ4v) is 3.29. The van der Waals surface area contributed by atoms with E-state index in [1.54, 1.807) is 24.3 Å². The molecule has 0 bridgehead atoms. The maximum atomic E-state index is 12.6. The molecule has 4 N–H and O–H groups in total. The number of carbonyl (C=O) groups is 1. The van der Waals surface area contributed by atoms with Crippen LogP contribution in [0.15, 0.2) is 65.6 Å². The number of aromatic nitrogens is 3. The first-order valence-electron chi connectivity index (χ1n) is 9.34. The zero-order valence-corrected chi connectivity index (χ0v) is 16.2. The Kier molecular flexibility index (Phi) is 5.32. The van der Waals surface area contributed by atoms with Crippen molar-refractivity contribution in [3.8, 4) is 11.4 Å². The summed E-state index contributed by atoms with van der Waals surface area (Å²) in [6.07, 6.45) is 0.769. The van der Waals surface area contributed by atoms with Gasteiger partial charge in [0.15, 0.2) is 0 Å². The summed E-state index contributed by atoms with van der Waals surface area (Å²) < 4.78 is 4.81. The van der Waals surface area contributed by atoms with Crippen molar-refractivity contribution in [1.29, 1.82) is 0 Å². The number of anilines is 1. The standard InChI is InChI=1S/C22H20N4O4/c1-30-22(29)14-8-5-9-16-19(14)26-20(25-16)18-15(10-11-23-21(18)28)24-12-17(27)13-6-3-2-4-7-13/h2-11,17,27H,12H2,1H3,(H,25,26)(H2,23,24,28)/t17-/m1/s1. The van der Waals surface area contributed by atoms with Gasteiger partial charge in [-0.05, 0) is 23.8 Å². The van der Waals surface area contributed by atoms with Crippen LogP contribution in [0.1, 0.15) is 22.0 Å². The van der Waals surface area contributed by atoms with Gasteiger partial charge in [-0.15, -0.1) is 0 Å². The Morgan fingerprint density at radius 3 is 2.73 bits per heavy atom. The number of ether oxygens (including phenoxy) is 1. The number of hydrogen-bond acceptors (Lipinski definition) is 6. The van der Waals surface area contributed by atoms with Gasteiger partial charge in [0.2, 0.25) is 0 Å². The molecule has 8 heteroatoms. The summed E-state index contributed by atoms with van der Waals surface area (Å²) in [6, 6.07) is 16.0. The van der Waals surface area contributed by atoms with Gasteiger partial charge in [0.05, 0.1) is 30.0 Å². The van der Waals surface area contributed by atoms with Gasteiger partial charge in [0.25, 0.3) is 5.56 Å². The summed E-state index contributed by atoms with van der Waals surface area (Å²) in [5, 5.41) is 13.6. The zero-order chi connectivity index (χ0) is 21.1. The number of nitrogens with zero attached hydrogens (tertiary/aromatic N) is 1. The summed E-state index contributed by atoms with van der Waals surface area (Å²) in [5.74, 6) is -0.204. The van der Waals surface area contributed by atoms with E-state index in [0.717, 1.165) is 5.56 Å². The van der Waals surface area contributed by atoms with E-state index in [4.69, 9.17) is 4.74 Å². The van der Waals surface area contributed by atoms with Gasteiger partial charge in [-0.2, -0.15) is 0 Å². The second kappa shape index (κ2) is 8.22. The molecule has 0 unspecified atom stereocenters. The molecule has 0 spiro atoms. The predicted molar refractivity (Wildman–Crippen MR) is 113 cm³/mol. The van der Waals surface area contributed by atoms with Crippen LogP contribution in [0.3, 0.4) is 0 Å². The van der Waals surface area contributed by atoms with Crippen LogP contribution in [0, 0.1) is 0 Å². The van der Waals surface area contributed by atoms with Crippen LogP contribution in [0.25, 0.3) is 22.4 Å². The van der Waals surface area contributed by atoms with Crippen molar-refractivity contribution < 1.29 is 14.6 Å². The molecular weight excluding hydrogens is 384 g/mol. The number of esters is 1. The maximum Gasteiger partial charge on any atom is 0.340 e. The smallest absolute Gasteiger partial charge is 0.340 e. The third kappa shape index (κ3) is 3.68. The monoisotopic (exact) mass is 404 g/mol. The molecule has 0 saturated carbocycles. The van der Waals surface area contributed by atoms with Gasteiger partial charge in [-0.25, -0.2) is 9.78 Å². The third-order valence-electron chi connectivity index (χ3n) is 4.79. The number of hydrogen-bond donors (Lipinski definition) is 4. The Hall–Kier alpha value is -3.91. The van der Waals surface area contributed by atoms with Crippen LogP contribution in [0.2, 0.25) is 0 Å². The number of carbonyl (C=O) groups excluding carboxylic acids is 1. The Balaban J connectivity index is 1.70. The van der Waals surface area contributed by atoms with E-state index in [1.807, 2.05) is 30.3 Å². The van der Waals surface area contributed by atoms with Crippen molar-refractivity contribution >= 4 is 22.7 Å². The van der Waals surface area contributed by atoms with Crippen LogP contribution in [-0.2, 0) is 4.74 Å². The highest BCUT2D eigenvalue weighted by atomic mass is 16.5. The SMILES string of the molecule is COC(=O)c1cccc2[nH]c(-c3c(NC[C@@H](O)c4ccccc4)cc[nH]c3=O)nc12. The molecule has 0 aliphatic heterocycles. The van der Waals surface area contributed by atoms with Crippen LogP contribution in [0.5, 0.6) is 0 Å². The summed E-state index contributed by atoms with van der Waals surface area (Å²) in [5.41, 5.74) is 2.52. The van der Waals surface area contributed by atoms with E-state index in [0.29, 0.717) is 28.1 Å². The minimum absolute atomic E-state index is 0.202. The van der Waals surface area contributed by atoms with Crippen molar-refractivity contribution in [2.75, 3.05) is 19.0 Å². The first kappa shape index (κ1) is 19.4. The normalized spacial score (nSPS) is 11.9. The van der Waals surface area contributed by atoms with Gasteiger partial charge in [0, 0.05) is 12.7 Å². The van der Waals surface area contributed by atoms with E-state index in [9.17, 15) is 14.7 Å². The number of rotatable bonds is 6. The fraction of sp³-hybridized carbons (Fsp3) is 0.136. The predicted octanol–water partition coefficient (Wildman–Crippen LogP) is 2.85. The minimum Gasteiger partial charge on any atom is -0.465 e. The third-order valence-corrected chi connectivity index (χ3v) is 4.79. The molecule has 0 saturated heterocycles. The van der Waals surface area contributed by atoms with Crippen LogP contribution < -0.4 is 10.9 Å². The zero-order valence-electron chi connectivity index (χ0n) is 16.2. The highest BCUT2D eigenvalue weighted by Crippen LogP contribution is 2.26. The van der Waals surface area contributed by atoms with Crippen molar-refractivity contribution in [3.63, 3.8) is 0 Å². The summed E-state index contributed by atoms with van der Waals surface area (Å²) in [4.78, 5) is 34.8. The molecule has 2 heterocycles. The highest BCUT2D eigenvalue weighted by Gasteiger charge is 2.19. The molecule has 0 aliphatic rings. The minimum atomic E-state index is -0.750. The molecule has 0 amide bonds. The highest BCUT2D eigenvalue weighted by molar-refractivity contribution is 6.02. The number of pyridine rings is 1. The number of aliphatic hydroxyl groups excluding tert-OH is 1. The lowest BCUT2D eigenvalue weighted by Gasteiger charge is -2.14. The number of fused-ring (bicyclic) bond motifs is 1. The molecule has 0 radical (unpaired) electrons. The Morgan fingerprint density at radius 2 is 1.97 bits per heavy atom. The molecule has 4 rings (SSSR count). The Bertz CT molecular complexity index is 1250. The number of aromatic amines is 2. The lowest BCUT2D eigenvalue weighted by atomic mass is 10.1. The van der Waals surface area contributed by atoms with Crippen LogP contribution >= 0.6 is 0 Å². The van der Waals surface area contributed by atoms with Gasteiger partial charge < -0.3 is 25.1 Å². The van der Waals surface area contributed by atoms with E-state index in [2.05, 4.69) is 20.3 Å². The number of methoxy groups -OCH3 is 1. The van der Waals surface area contributed by atoms with Gasteiger partial charge >= 0.3 is 5.97 Å². The average Bonchev–Trinajstić information content (AvgIpc) is 3.21. The summed E-state index contributed by atoms with van der Waals surface area (Å²) in [6.45, 7) is 0.202. The van der Waals surface area contributed by atoms with Crippen molar-refractivity contribution in [2.24, 2.45) is 0 Å². The van der Waals surface area contributed by atoms with Gasteiger partial charge in [-0.1, -0.05) is 36.4 Å². The molecule has 4 aromatic rings. The molecule has 30 heavy (non-hydrogen) atoms. The van der Waals surface area contributed by atoms with Crippen molar-refractivity contribution in [3.05, 3.63) is 82.3 Å². The molecule has 0 fully saturated rings. The quantitative estimate of drug-likeness (QED) is 0.367. The molecule has 8 nitrogen and oxygen atoms in total. The van der Waals surface area contributed by atoms with E-state index >= 15 is 0 Å². The number of nitrogens with one attached hydrogen (secondary N) is 3. The Labute approximate surface area is 171 Å². The Morgan fingerprint density at radius 1 is 1.17 bits per heavy atom. The molecule has 1 atom stereocenters. The van der Waals surface area contributed by atoms with Crippen molar-refractivity contribution in [1.82, 2.24) is 15.0 Å². The fourth-order valence-electron chi connectivity index (χ4n) is 3.29. The summed E-state index contributed by atoms with van der Waals surface area (Å²) in [7, 11) is 1.30. The molecule has 152 valence electrons. The molecule has 2 aromatic carbocycles. The van der Waals surface area contributed by atoms with E-state index in [-0.39, 0.29) is 17.7 Å². The topological polar surface area (TPSA) is 120 Å². The number of aliphatic hydroxyl groups is 1. The number of imidazole rings is 1. The average molecular weight is 404 g/mol. The van der Waals surface area contributed by atoms with E-state index < -0.39 is 12.1 Å². The second-order valence-electron chi connectivity index (χ2n) is 6.68. The van der Waals surface area contributed by atoms with Gasteiger partial charge in [-0.3, -0.25) is 4.79 Å². The van der Waals surface area contributed by atoms with Crippen molar-refractivity contribution in [2.45, 2.75) is 6.10 Å². The second-order valence-corrected chi connectivity index (χ2v) is 6.68. The summed E-state index contributed by atoms with van der Waals surface area (Å²) >= 11 is 0. The molecule has 2 aromatic heterocycles. The molecule has 0 aliphatic carbocycles. The number of benzene rings is 2. The number of H-pyrrole nitrogens is 2. The first-order chi connectivity index (χ1) is 14.6.